The molecule has 0 aliphatic rings. The highest BCUT2D eigenvalue weighted by atomic mass is 19.4. The van der Waals surface area contributed by atoms with Crippen LogP contribution in [-0.2, 0) is 11.0 Å². The van der Waals surface area contributed by atoms with Crippen LogP contribution in [0.2, 0.25) is 0 Å². The first kappa shape index (κ1) is 17.6. The number of amides is 1. The number of aryl methyl sites for hydroxylation is 1. The van der Waals surface area contributed by atoms with Crippen molar-refractivity contribution in [3.63, 3.8) is 0 Å². The van der Waals surface area contributed by atoms with Crippen LogP contribution in [0.4, 0.5) is 33.5 Å². The lowest BCUT2D eigenvalue weighted by atomic mass is 10.0. The van der Waals surface area contributed by atoms with Crippen molar-refractivity contribution in [3.8, 4) is 11.3 Å². The monoisotopic (exact) mass is 346 g/mol. The Morgan fingerprint density at radius 2 is 1.88 bits per heavy atom. The molecule has 0 fully saturated rings. The number of rotatable bonds is 3. The summed E-state index contributed by atoms with van der Waals surface area (Å²) in [5.41, 5.74) is 4.49. The number of hydrogen-bond acceptors (Lipinski definition) is 4. The van der Waals surface area contributed by atoms with Gasteiger partial charge in [0, 0.05) is 5.56 Å². The van der Waals surface area contributed by atoms with Crippen molar-refractivity contribution >= 4 is 17.4 Å². The van der Waals surface area contributed by atoms with Crippen molar-refractivity contribution in [1.82, 2.24) is 10.2 Å². The first-order valence-corrected chi connectivity index (χ1v) is 6.50. The van der Waals surface area contributed by atoms with Crippen LogP contribution < -0.4 is 11.1 Å². The molecule has 5 nitrogen and oxygen atoms in total. The molecule has 3 N–H and O–H groups in total. The van der Waals surface area contributed by atoms with Crippen LogP contribution in [0.1, 0.15) is 11.1 Å². The van der Waals surface area contributed by atoms with Gasteiger partial charge in [-0.3, -0.25) is 4.79 Å². The molecule has 1 heterocycles. The van der Waals surface area contributed by atoms with Crippen molar-refractivity contribution in [3.05, 3.63) is 35.4 Å². The molecule has 0 unspecified atom stereocenters. The SMILES string of the molecule is Cc1cc(N)nnc1-c1ccc(C(F)(F)F)cc1NC(=O)C(F)F. The molecule has 1 amide bonds. The van der Waals surface area contributed by atoms with E-state index in [0.717, 1.165) is 12.1 Å². The third kappa shape index (κ3) is 3.76. The number of nitrogen functional groups attached to an aromatic ring is 1. The van der Waals surface area contributed by atoms with Crippen molar-refractivity contribution in [2.45, 2.75) is 19.5 Å². The van der Waals surface area contributed by atoms with Gasteiger partial charge in [0.1, 0.15) is 5.82 Å². The number of hydrogen-bond donors (Lipinski definition) is 2. The smallest absolute Gasteiger partial charge is 0.382 e. The van der Waals surface area contributed by atoms with Crippen molar-refractivity contribution in [2.75, 3.05) is 11.1 Å². The van der Waals surface area contributed by atoms with Gasteiger partial charge >= 0.3 is 12.6 Å². The van der Waals surface area contributed by atoms with E-state index in [1.54, 1.807) is 12.2 Å². The number of halogens is 5. The predicted molar refractivity (Wildman–Crippen MR) is 76.3 cm³/mol. The summed E-state index contributed by atoms with van der Waals surface area (Å²) in [4.78, 5) is 11.2. The fraction of sp³-hybridized carbons (Fsp3) is 0.214. The highest BCUT2D eigenvalue weighted by molar-refractivity contribution is 5.97. The van der Waals surface area contributed by atoms with Gasteiger partial charge in [0.05, 0.1) is 16.9 Å². The normalized spacial score (nSPS) is 11.6. The quantitative estimate of drug-likeness (QED) is 0.836. The van der Waals surface area contributed by atoms with Crippen molar-refractivity contribution < 1.29 is 26.7 Å². The Morgan fingerprint density at radius 1 is 1.21 bits per heavy atom. The Labute approximate surface area is 132 Å². The molecule has 0 atom stereocenters. The molecule has 1 aromatic carbocycles. The number of nitrogens with zero attached hydrogens (tertiary/aromatic N) is 2. The van der Waals surface area contributed by atoms with Gasteiger partial charge in [0.25, 0.3) is 5.91 Å². The second-order valence-electron chi connectivity index (χ2n) is 4.85. The largest absolute Gasteiger partial charge is 0.416 e. The fourth-order valence-corrected chi connectivity index (χ4v) is 1.99. The third-order valence-electron chi connectivity index (χ3n) is 3.06. The minimum atomic E-state index is -4.70. The summed E-state index contributed by atoms with van der Waals surface area (Å²) >= 11 is 0. The predicted octanol–water partition coefficient (Wildman–Crippen LogP) is 3.26. The van der Waals surface area contributed by atoms with E-state index in [-0.39, 0.29) is 17.1 Å². The molecule has 0 aliphatic heterocycles. The van der Waals surface area contributed by atoms with Gasteiger partial charge in [-0.2, -0.15) is 22.0 Å². The fourth-order valence-electron chi connectivity index (χ4n) is 1.99. The average molecular weight is 346 g/mol. The van der Waals surface area contributed by atoms with E-state index in [0.29, 0.717) is 11.6 Å². The third-order valence-corrected chi connectivity index (χ3v) is 3.06. The van der Waals surface area contributed by atoms with E-state index < -0.39 is 29.8 Å². The number of carbonyl (C=O) groups is 1. The number of carbonyl (C=O) groups excluding carboxylic acids is 1. The van der Waals surface area contributed by atoms with E-state index in [1.165, 1.54) is 6.07 Å². The Morgan fingerprint density at radius 3 is 2.42 bits per heavy atom. The van der Waals surface area contributed by atoms with Crippen LogP contribution in [0, 0.1) is 6.92 Å². The Bertz CT molecular complexity index is 776. The lowest BCUT2D eigenvalue weighted by molar-refractivity contribution is -0.137. The molecular weight excluding hydrogens is 335 g/mol. The summed E-state index contributed by atoms with van der Waals surface area (Å²) < 4.78 is 63.3. The van der Waals surface area contributed by atoms with Crippen LogP contribution in [0.25, 0.3) is 11.3 Å². The molecule has 24 heavy (non-hydrogen) atoms. The molecule has 2 rings (SSSR count). The number of aromatic nitrogens is 2. The van der Waals surface area contributed by atoms with E-state index in [4.69, 9.17) is 5.73 Å². The molecule has 10 heteroatoms. The van der Waals surface area contributed by atoms with Gasteiger partial charge in [-0.05, 0) is 30.7 Å². The molecule has 0 radical (unpaired) electrons. The van der Waals surface area contributed by atoms with E-state index in [1.807, 2.05) is 0 Å². The number of alkyl halides is 5. The first-order valence-electron chi connectivity index (χ1n) is 6.50. The highest BCUT2D eigenvalue weighted by Gasteiger charge is 2.32. The summed E-state index contributed by atoms with van der Waals surface area (Å²) in [6.45, 7) is 1.57. The highest BCUT2D eigenvalue weighted by Crippen LogP contribution is 2.36. The number of anilines is 2. The first-order chi connectivity index (χ1) is 11.1. The zero-order chi connectivity index (χ0) is 18.1. The number of benzene rings is 1. The topological polar surface area (TPSA) is 80.9 Å². The maximum atomic E-state index is 12.8. The summed E-state index contributed by atoms with van der Waals surface area (Å²) in [7, 11) is 0. The molecular formula is C14H11F5N4O. The standard InChI is InChI=1S/C14H11F5N4O/c1-6-4-10(20)22-23-11(6)8-3-2-7(14(17,18)19)5-9(8)21-13(24)12(15)16/h2-5,12H,1H3,(H2,20,22)(H,21,24). The summed E-state index contributed by atoms with van der Waals surface area (Å²) in [6, 6.07) is 3.76. The maximum Gasteiger partial charge on any atom is 0.416 e. The van der Waals surface area contributed by atoms with Crippen LogP contribution >= 0.6 is 0 Å². The molecule has 0 aliphatic carbocycles. The Balaban J connectivity index is 2.59. The second-order valence-corrected chi connectivity index (χ2v) is 4.85. The number of nitrogens with two attached hydrogens (primary N) is 1. The Kier molecular flexibility index (Phi) is 4.67. The average Bonchev–Trinajstić information content (AvgIpc) is 2.46. The van der Waals surface area contributed by atoms with Gasteiger partial charge in [-0.25, -0.2) is 0 Å². The van der Waals surface area contributed by atoms with Crippen LogP contribution in [-0.4, -0.2) is 22.5 Å². The van der Waals surface area contributed by atoms with Gasteiger partial charge in [-0.15, -0.1) is 10.2 Å². The van der Waals surface area contributed by atoms with Crippen LogP contribution in [0.5, 0.6) is 0 Å². The van der Waals surface area contributed by atoms with Crippen LogP contribution in [0.3, 0.4) is 0 Å². The molecule has 1 aromatic heterocycles. The molecule has 0 bridgehead atoms. The second kappa shape index (κ2) is 6.38. The van der Waals surface area contributed by atoms with Crippen molar-refractivity contribution in [2.24, 2.45) is 0 Å². The van der Waals surface area contributed by atoms with Gasteiger partial charge in [-0.1, -0.05) is 6.07 Å². The van der Waals surface area contributed by atoms with Gasteiger partial charge < -0.3 is 11.1 Å². The van der Waals surface area contributed by atoms with Gasteiger partial charge in [0.15, 0.2) is 0 Å². The zero-order valence-electron chi connectivity index (χ0n) is 12.2. The minimum Gasteiger partial charge on any atom is -0.382 e. The van der Waals surface area contributed by atoms with Gasteiger partial charge in [0.2, 0.25) is 0 Å². The maximum absolute atomic E-state index is 12.8. The molecule has 0 spiro atoms. The molecule has 2 aromatic rings. The summed E-state index contributed by atoms with van der Waals surface area (Å²) in [5, 5.41) is 9.12. The van der Waals surface area contributed by atoms with E-state index in [9.17, 15) is 26.7 Å². The molecule has 128 valence electrons. The molecule has 0 saturated heterocycles. The van der Waals surface area contributed by atoms with E-state index >= 15 is 0 Å². The summed E-state index contributed by atoms with van der Waals surface area (Å²) in [6.07, 6.45) is -8.09. The van der Waals surface area contributed by atoms with E-state index in [2.05, 4.69) is 10.2 Å². The lowest BCUT2D eigenvalue weighted by Crippen LogP contribution is -2.21. The number of nitrogens with one attached hydrogen (secondary N) is 1. The lowest BCUT2D eigenvalue weighted by Gasteiger charge is -2.15. The summed E-state index contributed by atoms with van der Waals surface area (Å²) in [5.74, 6) is -1.64. The van der Waals surface area contributed by atoms with Crippen LogP contribution in [0.15, 0.2) is 24.3 Å². The Hall–Kier alpha value is -2.78. The van der Waals surface area contributed by atoms with Crippen molar-refractivity contribution in [1.29, 1.82) is 0 Å². The molecule has 0 saturated carbocycles. The minimum absolute atomic E-state index is 0.0157. The zero-order valence-corrected chi connectivity index (χ0v) is 12.2.